The Hall–Kier alpha value is -2.27. The zero-order valence-electron chi connectivity index (χ0n) is 15.4. The second-order valence-corrected chi connectivity index (χ2v) is 7.08. The maximum Gasteiger partial charge on any atom is 0.242 e. The van der Waals surface area contributed by atoms with Crippen LogP contribution in [0.25, 0.3) is 0 Å². The van der Waals surface area contributed by atoms with E-state index < -0.39 is 6.04 Å². The number of carbonyl (C=O) groups is 2. The van der Waals surface area contributed by atoms with E-state index in [0.29, 0.717) is 12.3 Å². The van der Waals surface area contributed by atoms with Crippen LogP contribution < -0.4 is 5.32 Å². The maximum atomic E-state index is 12.7. The van der Waals surface area contributed by atoms with Crippen molar-refractivity contribution >= 4 is 23.6 Å². The van der Waals surface area contributed by atoms with Crippen LogP contribution in [0.2, 0.25) is 0 Å². The largest absolute Gasteiger partial charge is 0.357 e. The van der Waals surface area contributed by atoms with E-state index in [9.17, 15) is 9.59 Å². The minimum absolute atomic E-state index is 0.00189. The molecule has 0 saturated heterocycles. The first-order valence-electron chi connectivity index (χ1n) is 8.78. The molecule has 2 amide bonds. The van der Waals surface area contributed by atoms with Gasteiger partial charge in [0.1, 0.15) is 6.04 Å². The molecular weight excluding hydrogens is 344 g/mol. The van der Waals surface area contributed by atoms with Gasteiger partial charge in [-0.15, -0.1) is 11.8 Å². The molecule has 0 bridgehead atoms. The Morgan fingerprint density at radius 2 is 1.58 bits per heavy atom. The highest BCUT2D eigenvalue weighted by Gasteiger charge is 2.24. The minimum atomic E-state index is -0.478. The second kappa shape index (κ2) is 10.7. The van der Waals surface area contributed by atoms with Gasteiger partial charge in [-0.05, 0) is 24.5 Å². The lowest BCUT2D eigenvalue weighted by atomic mass is 10.1. The van der Waals surface area contributed by atoms with E-state index >= 15 is 0 Å². The van der Waals surface area contributed by atoms with Crippen molar-refractivity contribution in [2.45, 2.75) is 25.1 Å². The zero-order valence-corrected chi connectivity index (χ0v) is 16.2. The predicted molar refractivity (Wildman–Crippen MR) is 108 cm³/mol. The van der Waals surface area contributed by atoms with Gasteiger partial charge in [0.25, 0.3) is 0 Å². The van der Waals surface area contributed by atoms with Crippen molar-refractivity contribution in [3.05, 3.63) is 71.8 Å². The molecule has 0 aliphatic rings. The Morgan fingerprint density at radius 1 is 1.00 bits per heavy atom. The van der Waals surface area contributed by atoms with Crippen LogP contribution in [-0.2, 0) is 21.8 Å². The van der Waals surface area contributed by atoms with E-state index in [4.69, 9.17) is 0 Å². The molecule has 5 heteroatoms. The summed E-state index contributed by atoms with van der Waals surface area (Å²) in [6.07, 6.45) is 0.733. The third-order valence-electron chi connectivity index (χ3n) is 4.23. The normalized spacial score (nSPS) is 11.6. The van der Waals surface area contributed by atoms with Gasteiger partial charge in [0, 0.05) is 19.3 Å². The number of rotatable bonds is 9. The molecule has 0 heterocycles. The molecule has 4 nitrogen and oxygen atoms in total. The fraction of sp³-hybridized carbons (Fsp3) is 0.333. The first-order valence-corrected chi connectivity index (χ1v) is 9.94. The van der Waals surface area contributed by atoms with Crippen LogP contribution >= 0.6 is 11.8 Å². The summed E-state index contributed by atoms with van der Waals surface area (Å²) >= 11 is 1.58. The Balaban J connectivity index is 1.94. The number of likely N-dealkylation sites (N-methyl/N-ethyl adjacent to an activating group) is 1. The molecule has 2 aromatic carbocycles. The highest BCUT2D eigenvalue weighted by Crippen LogP contribution is 2.14. The lowest BCUT2D eigenvalue weighted by Gasteiger charge is -2.28. The molecule has 0 fully saturated rings. The molecule has 0 spiro atoms. The zero-order chi connectivity index (χ0) is 18.8. The molecule has 0 saturated carbocycles. The van der Waals surface area contributed by atoms with Crippen molar-refractivity contribution in [1.29, 1.82) is 0 Å². The van der Waals surface area contributed by atoms with Crippen molar-refractivity contribution < 1.29 is 9.59 Å². The van der Waals surface area contributed by atoms with Crippen molar-refractivity contribution in [2.75, 3.05) is 19.3 Å². The lowest BCUT2D eigenvalue weighted by Crippen LogP contribution is -2.48. The van der Waals surface area contributed by atoms with Crippen molar-refractivity contribution in [3.63, 3.8) is 0 Å². The third-order valence-corrected chi connectivity index (χ3v) is 5.22. The summed E-state index contributed by atoms with van der Waals surface area (Å²) < 4.78 is 0. The summed E-state index contributed by atoms with van der Waals surface area (Å²) in [5.74, 6) is 1.01. The Morgan fingerprint density at radius 3 is 2.15 bits per heavy atom. The molecule has 2 rings (SSSR count). The van der Waals surface area contributed by atoms with E-state index in [1.807, 2.05) is 48.5 Å². The minimum Gasteiger partial charge on any atom is -0.357 e. The van der Waals surface area contributed by atoms with Crippen LogP contribution in [0, 0.1) is 0 Å². The molecule has 0 radical (unpaired) electrons. The number of hydrogen-bond acceptors (Lipinski definition) is 3. The molecule has 1 N–H and O–H groups in total. The Bertz CT molecular complexity index is 692. The van der Waals surface area contributed by atoms with Gasteiger partial charge in [0.15, 0.2) is 0 Å². The van der Waals surface area contributed by atoms with Gasteiger partial charge in [-0.3, -0.25) is 9.59 Å². The number of thioether (sulfide) groups is 1. The second-order valence-electron chi connectivity index (χ2n) is 6.09. The summed E-state index contributed by atoms with van der Waals surface area (Å²) in [5, 5.41) is 2.64. The lowest BCUT2D eigenvalue weighted by molar-refractivity contribution is -0.137. The quantitative estimate of drug-likeness (QED) is 0.738. The van der Waals surface area contributed by atoms with Gasteiger partial charge in [0.2, 0.25) is 11.8 Å². The maximum absolute atomic E-state index is 12.7. The summed E-state index contributed by atoms with van der Waals surface area (Å²) in [4.78, 5) is 26.5. The number of carbonyl (C=O) groups excluding carboxylic acids is 2. The van der Waals surface area contributed by atoms with Gasteiger partial charge in [-0.2, -0.15) is 0 Å². The van der Waals surface area contributed by atoms with Crippen LogP contribution in [0.3, 0.4) is 0 Å². The van der Waals surface area contributed by atoms with Crippen LogP contribution in [0.4, 0.5) is 0 Å². The molecule has 0 unspecified atom stereocenters. The standard InChI is InChI=1S/C21H26N2O2S/c1-17(21(25)22-2)23(14-13-18-9-5-3-6-10-18)20(24)16-26-15-19-11-7-4-8-12-19/h3-12,17H,13-16H2,1-2H3,(H,22,25)/t17-/m0/s1. The molecule has 0 aromatic heterocycles. The fourth-order valence-electron chi connectivity index (χ4n) is 2.69. The molecule has 26 heavy (non-hydrogen) atoms. The average Bonchev–Trinajstić information content (AvgIpc) is 2.69. The van der Waals surface area contributed by atoms with E-state index in [-0.39, 0.29) is 11.8 Å². The number of nitrogens with one attached hydrogen (secondary N) is 1. The van der Waals surface area contributed by atoms with Gasteiger partial charge in [-0.1, -0.05) is 60.7 Å². The smallest absolute Gasteiger partial charge is 0.242 e. The van der Waals surface area contributed by atoms with E-state index in [1.54, 1.807) is 30.6 Å². The van der Waals surface area contributed by atoms with E-state index in [0.717, 1.165) is 17.7 Å². The predicted octanol–water partition coefficient (Wildman–Crippen LogP) is 3.13. The third kappa shape index (κ3) is 6.23. The average molecular weight is 371 g/mol. The molecule has 1 atom stereocenters. The fourth-order valence-corrected chi connectivity index (χ4v) is 3.56. The number of nitrogens with zero attached hydrogens (tertiary/aromatic N) is 1. The molecule has 0 aliphatic heterocycles. The molecule has 0 aliphatic carbocycles. The first-order chi connectivity index (χ1) is 12.6. The van der Waals surface area contributed by atoms with Gasteiger partial charge in [0.05, 0.1) is 5.75 Å². The van der Waals surface area contributed by atoms with Gasteiger partial charge < -0.3 is 10.2 Å². The van der Waals surface area contributed by atoms with Crippen molar-refractivity contribution in [1.82, 2.24) is 10.2 Å². The molecular formula is C21H26N2O2S. The highest BCUT2D eigenvalue weighted by atomic mass is 32.2. The van der Waals surface area contributed by atoms with Crippen LogP contribution in [0.1, 0.15) is 18.1 Å². The molecule has 138 valence electrons. The Kier molecular flexibility index (Phi) is 8.22. The van der Waals surface area contributed by atoms with Crippen molar-refractivity contribution in [3.8, 4) is 0 Å². The molecule has 2 aromatic rings. The van der Waals surface area contributed by atoms with Crippen LogP contribution in [0.5, 0.6) is 0 Å². The van der Waals surface area contributed by atoms with E-state index in [1.165, 1.54) is 5.56 Å². The number of amides is 2. The summed E-state index contributed by atoms with van der Waals surface area (Å²) in [6, 6.07) is 19.6. The summed E-state index contributed by atoms with van der Waals surface area (Å²) in [5.41, 5.74) is 2.35. The summed E-state index contributed by atoms with van der Waals surface area (Å²) in [7, 11) is 1.60. The Labute approximate surface area is 160 Å². The van der Waals surface area contributed by atoms with Gasteiger partial charge in [-0.25, -0.2) is 0 Å². The van der Waals surface area contributed by atoms with Gasteiger partial charge >= 0.3 is 0 Å². The van der Waals surface area contributed by atoms with Crippen LogP contribution in [0.15, 0.2) is 60.7 Å². The van der Waals surface area contributed by atoms with Crippen LogP contribution in [-0.4, -0.2) is 42.1 Å². The SMILES string of the molecule is CNC(=O)[C@H](C)N(CCc1ccccc1)C(=O)CSCc1ccccc1. The summed E-state index contributed by atoms with van der Waals surface area (Å²) in [6.45, 7) is 2.31. The number of benzene rings is 2. The first kappa shape index (κ1) is 20.0. The topological polar surface area (TPSA) is 49.4 Å². The number of hydrogen-bond donors (Lipinski definition) is 1. The highest BCUT2D eigenvalue weighted by molar-refractivity contribution is 7.99. The monoisotopic (exact) mass is 370 g/mol. The van der Waals surface area contributed by atoms with Crippen molar-refractivity contribution in [2.24, 2.45) is 0 Å². The van der Waals surface area contributed by atoms with E-state index in [2.05, 4.69) is 17.4 Å².